The van der Waals surface area contributed by atoms with E-state index in [9.17, 15) is 0 Å². The summed E-state index contributed by atoms with van der Waals surface area (Å²) >= 11 is 6.91. The fourth-order valence-electron chi connectivity index (χ4n) is 3.51. The number of hydrogen-bond acceptors (Lipinski definition) is 2. The van der Waals surface area contributed by atoms with Gasteiger partial charge in [0, 0.05) is 0 Å². The van der Waals surface area contributed by atoms with Crippen LogP contribution in [0.5, 0.6) is 11.5 Å². The second-order valence-electron chi connectivity index (χ2n) is 8.82. The molecule has 0 aliphatic heterocycles. The summed E-state index contributed by atoms with van der Waals surface area (Å²) in [6.45, 7) is 11.3. The first-order chi connectivity index (χ1) is 14.8. The highest BCUT2D eigenvalue weighted by Crippen LogP contribution is 2.36. The molecule has 2 nitrogen and oxygen atoms in total. The van der Waals surface area contributed by atoms with Crippen LogP contribution in [-0.2, 0) is 10.8 Å². The van der Waals surface area contributed by atoms with Crippen LogP contribution >= 0.6 is 11.6 Å². The summed E-state index contributed by atoms with van der Waals surface area (Å²) in [5.41, 5.74) is 1.78. The molecule has 0 amide bonds. The molecule has 3 rings (SSSR count). The molecule has 3 aromatic carbocycles. The molecule has 0 bridgehead atoms. The van der Waals surface area contributed by atoms with Crippen molar-refractivity contribution in [3.63, 3.8) is 0 Å². The van der Waals surface area contributed by atoms with Crippen molar-refractivity contribution in [3.05, 3.63) is 109 Å². The standard InChI is InChI=1S/C28H31ClO2/c1-5-26(29)28(20-30-24-12-8-6-9-13-24,21-31-25-14-10-7-11-15-25)23-18-16-22(17-19-23)27(2,3)4/h5-19,26H,1,20-21H2,2-4H3. The van der Waals surface area contributed by atoms with Gasteiger partial charge in [-0.1, -0.05) is 87.5 Å². The van der Waals surface area contributed by atoms with Crippen LogP contribution in [0.4, 0.5) is 0 Å². The lowest BCUT2D eigenvalue weighted by atomic mass is 9.76. The molecule has 0 saturated carbocycles. The SMILES string of the molecule is C=CC(Cl)C(COc1ccccc1)(COc1ccccc1)c1ccc(C(C)(C)C)cc1. The maximum absolute atomic E-state index is 6.91. The third kappa shape index (κ3) is 5.71. The molecule has 0 aromatic heterocycles. The summed E-state index contributed by atoms with van der Waals surface area (Å²) in [7, 11) is 0. The van der Waals surface area contributed by atoms with E-state index in [1.54, 1.807) is 6.08 Å². The lowest BCUT2D eigenvalue weighted by Gasteiger charge is -2.37. The van der Waals surface area contributed by atoms with Crippen molar-refractivity contribution in [1.82, 2.24) is 0 Å². The minimum Gasteiger partial charge on any atom is -0.492 e. The summed E-state index contributed by atoms with van der Waals surface area (Å²) < 4.78 is 12.4. The van der Waals surface area contributed by atoms with E-state index >= 15 is 0 Å². The zero-order valence-corrected chi connectivity index (χ0v) is 19.3. The summed E-state index contributed by atoms with van der Waals surface area (Å²) in [6.07, 6.45) is 1.77. The number of para-hydroxylation sites is 2. The number of allylic oxidation sites excluding steroid dienone is 1. The van der Waals surface area contributed by atoms with Crippen molar-refractivity contribution < 1.29 is 9.47 Å². The van der Waals surface area contributed by atoms with Crippen molar-refractivity contribution in [2.24, 2.45) is 0 Å². The molecule has 0 radical (unpaired) electrons. The summed E-state index contributed by atoms with van der Waals surface area (Å²) in [5, 5.41) is -0.389. The molecular formula is C28H31ClO2. The van der Waals surface area contributed by atoms with Gasteiger partial charge in [0.2, 0.25) is 0 Å². The van der Waals surface area contributed by atoms with Crippen LogP contribution in [0.15, 0.2) is 97.6 Å². The Morgan fingerprint density at radius 3 is 1.55 bits per heavy atom. The molecule has 0 N–H and O–H groups in total. The Kier molecular flexibility index (Phi) is 7.46. The van der Waals surface area contributed by atoms with E-state index in [4.69, 9.17) is 21.1 Å². The molecular weight excluding hydrogens is 404 g/mol. The smallest absolute Gasteiger partial charge is 0.119 e. The van der Waals surface area contributed by atoms with Gasteiger partial charge in [-0.3, -0.25) is 0 Å². The molecule has 0 spiro atoms. The Hall–Kier alpha value is -2.71. The highest BCUT2D eigenvalue weighted by molar-refractivity contribution is 6.22. The van der Waals surface area contributed by atoms with E-state index in [0.717, 1.165) is 17.1 Å². The third-order valence-electron chi connectivity index (χ3n) is 5.54. The molecule has 0 fully saturated rings. The van der Waals surface area contributed by atoms with E-state index in [-0.39, 0.29) is 10.8 Å². The van der Waals surface area contributed by atoms with Crippen molar-refractivity contribution >= 4 is 11.6 Å². The van der Waals surface area contributed by atoms with Crippen molar-refractivity contribution in [1.29, 1.82) is 0 Å². The Balaban J connectivity index is 1.98. The summed E-state index contributed by atoms with van der Waals surface area (Å²) in [6, 6.07) is 28.2. The monoisotopic (exact) mass is 434 g/mol. The molecule has 0 saturated heterocycles. The lowest BCUT2D eigenvalue weighted by molar-refractivity contribution is 0.145. The fourth-order valence-corrected chi connectivity index (χ4v) is 3.76. The number of alkyl halides is 1. The van der Waals surface area contributed by atoms with Crippen LogP contribution in [-0.4, -0.2) is 18.6 Å². The second-order valence-corrected chi connectivity index (χ2v) is 9.29. The maximum Gasteiger partial charge on any atom is 0.119 e. The minimum absolute atomic E-state index is 0.0705. The van der Waals surface area contributed by atoms with E-state index in [0.29, 0.717) is 13.2 Å². The van der Waals surface area contributed by atoms with Gasteiger partial charge in [0.05, 0.1) is 10.8 Å². The zero-order valence-electron chi connectivity index (χ0n) is 18.6. The van der Waals surface area contributed by atoms with E-state index in [1.165, 1.54) is 5.56 Å². The van der Waals surface area contributed by atoms with Gasteiger partial charge in [-0.15, -0.1) is 18.2 Å². The van der Waals surface area contributed by atoms with E-state index in [1.807, 2.05) is 60.7 Å². The molecule has 162 valence electrons. The van der Waals surface area contributed by atoms with Crippen LogP contribution in [0.2, 0.25) is 0 Å². The fraction of sp³-hybridized carbons (Fsp3) is 0.286. The van der Waals surface area contributed by atoms with Gasteiger partial charge in [0.25, 0.3) is 0 Å². The van der Waals surface area contributed by atoms with Crippen LogP contribution in [0.25, 0.3) is 0 Å². The van der Waals surface area contributed by atoms with Crippen molar-refractivity contribution in [2.45, 2.75) is 37.0 Å². The maximum atomic E-state index is 6.91. The quantitative estimate of drug-likeness (QED) is 0.262. The highest BCUT2D eigenvalue weighted by Gasteiger charge is 2.41. The van der Waals surface area contributed by atoms with Gasteiger partial charge < -0.3 is 9.47 Å². The number of hydrogen-bond donors (Lipinski definition) is 0. The molecule has 3 aromatic rings. The minimum atomic E-state index is -0.620. The largest absolute Gasteiger partial charge is 0.492 e. The van der Waals surface area contributed by atoms with Gasteiger partial charge >= 0.3 is 0 Å². The molecule has 1 unspecified atom stereocenters. The lowest BCUT2D eigenvalue weighted by Crippen LogP contribution is -2.46. The van der Waals surface area contributed by atoms with Crippen LogP contribution in [0.3, 0.4) is 0 Å². The van der Waals surface area contributed by atoms with E-state index in [2.05, 4.69) is 51.6 Å². The number of ether oxygens (including phenoxy) is 2. The molecule has 3 heteroatoms. The topological polar surface area (TPSA) is 18.5 Å². The Morgan fingerprint density at radius 2 is 1.16 bits per heavy atom. The third-order valence-corrected chi connectivity index (χ3v) is 6.14. The van der Waals surface area contributed by atoms with Gasteiger partial charge in [-0.2, -0.15) is 0 Å². The van der Waals surface area contributed by atoms with Gasteiger partial charge in [0.1, 0.15) is 24.7 Å². The Labute approximate surface area is 191 Å². The molecule has 0 aliphatic rings. The predicted octanol–water partition coefficient (Wildman–Crippen LogP) is 7.17. The number of rotatable bonds is 9. The first-order valence-corrected chi connectivity index (χ1v) is 11.0. The second kappa shape index (κ2) is 10.1. The van der Waals surface area contributed by atoms with Gasteiger partial charge in [-0.05, 0) is 40.8 Å². The highest BCUT2D eigenvalue weighted by atomic mass is 35.5. The normalized spacial score (nSPS) is 12.8. The molecule has 0 heterocycles. The first-order valence-electron chi connectivity index (χ1n) is 10.6. The molecule has 0 aliphatic carbocycles. The summed E-state index contributed by atoms with van der Waals surface area (Å²) in [5.74, 6) is 1.59. The Morgan fingerprint density at radius 1 is 0.742 bits per heavy atom. The van der Waals surface area contributed by atoms with Gasteiger partial charge in [0.15, 0.2) is 0 Å². The van der Waals surface area contributed by atoms with Crippen molar-refractivity contribution in [2.75, 3.05) is 13.2 Å². The number of benzene rings is 3. The van der Waals surface area contributed by atoms with Crippen LogP contribution < -0.4 is 9.47 Å². The van der Waals surface area contributed by atoms with Gasteiger partial charge in [-0.25, -0.2) is 0 Å². The van der Waals surface area contributed by atoms with Crippen LogP contribution in [0, 0.1) is 0 Å². The van der Waals surface area contributed by atoms with Crippen LogP contribution in [0.1, 0.15) is 31.9 Å². The molecule has 31 heavy (non-hydrogen) atoms. The zero-order chi connectivity index (χ0) is 22.3. The summed E-state index contributed by atoms with van der Waals surface area (Å²) in [4.78, 5) is 0. The first kappa shape index (κ1) is 23.0. The molecule has 1 atom stereocenters. The van der Waals surface area contributed by atoms with Crippen molar-refractivity contribution in [3.8, 4) is 11.5 Å². The average Bonchev–Trinajstić information content (AvgIpc) is 2.80. The average molecular weight is 435 g/mol. The number of halogens is 1. The predicted molar refractivity (Wildman–Crippen MR) is 131 cm³/mol. The van der Waals surface area contributed by atoms with E-state index < -0.39 is 5.41 Å². The Bertz CT molecular complexity index is 900.